The van der Waals surface area contributed by atoms with Crippen LogP contribution in [0.2, 0.25) is 0 Å². The van der Waals surface area contributed by atoms with E-state index in [1.165, 1.54) is 12.1 Å². The van der Waals surface area contributed by atoms with E-state index in [2.05, 4.69) is 5.32 Å². The molecule has 0 fully saturated rings. The molecule has 2 aromatic carbocycles. The van der Waals surface area contributed by atoms with Gasteiger partial charge in [0.2, 0.25) is 0 Å². The van der Waals surface area contributed by atoms with E-state index >= 15 is 0 Å². The maximum atomic E-state index is 12.5. The van der Waals surface area contributed by atoms with Crippen LogP contribution in [0.15, 0.2) is 36.4 Å². The van der Waals surface area contributed by atoms with E-state index in [0.717, 1.165) is 5.56 Å². The second-order valence-corrected chi connectivity index (χ2v) is 5.53. The van der Waals surface area contributed by atoms with Crippen LogP contribution in [0.4, 0.5) is 5.69 Å². The van der Waals surface area contributed by atoms with Gasteiger partial charge < -0.3 is 19.5 Å². The number of nitrogens with zero attached hydrogens (tertiary/aromatic N) is 1. The number of hydrogen-bond donors (Lipinski definition) is 1. The summed E-state index contributed by atoms with van der Waals surface area (Å²) in [5.41, 5.74) is 0.430. The Morgan fingerprint density at radius 1 is 1.23 bits per heavy atom. The number of amides is 1. The molecule has 8 heteroatoms. The molecule has 1 aliphatic rings. The lowest BCUT2D eigenvalue weighted by molar-refractivity contribution is -0.385. The van der Waals surface area contributed by atoms with Crippen molar-refractivity contribution in [2.24, 2.45) is 0 Å². The van der Waals surface area contributed by atoms with Crippen LogP contribution in [-0.2, 0) is 6.54 Å². The Morgan fingerprint density at radius 3 is 2.65 bits per heavy atom. The van der Waals surface area contributed by atoms with Crippen LogP contribution in [0.1, 0.15) is 22.8 Å². The summed E-state index contributed by atoms with van der Waals surface area (Å²) >= 11 is 0. The summed E-state index contributed by atoms with van der Waals surface area (Å²) in [5, 5.41) is 14.0. The van der Waals surface area contributed by atoms with Crippen LogP contribution in [0, 0.1) is 10.1 Å². The highest BCUT2D eigenvalue weighted by Crippen LogP contribution is 2.36. The average molecular weight is 358 g/mol. The van der Waals surface area contributed by atoms with Crippen molar-refractivity contribution < 1.29 is 23.9 Å². The van der Waals surface area contributed by atoms with E-state index in [0.29, 0.717) is 31.3 Å². The number of rotatable bonds is 6. The van der Waals surface area contributed by atoms with Crippen LogP contribution in [0.25, 0.3) is 0 Å². The zero-order valence-corrected chi connectivity index (χ0v) is 14.2. The third-order valence-corrected chi connectivity index (χ3v) is 3.76. The molecule has 1 amide bonds. The zero-order chi connectivity index (χ0) is 18.5. The molecule has 0 atom stereocenters. The monoisotopic (exact) mass is 358 g/mol. The van der Waals surface area contributed by atoms with Crippen LogP contribution < -0.4 is 19.5 Å². The normalized spacial score (nSPS) is 12.3. The van der Waals surface area contributed by atoms with Gasteiger partial charge in [0.15, 0.2) is 11.5 Å². The quantitative estimate of drug-likeness (QED) is 0.629. The molecule has 0 aromatic heterocycles. The van der Waals surface area contributed by atoms with Gasteiger partial charge in [0.1, 0.15) is 24.5 Å². The maximum Gasteiger partial charge on any atom is 0.286 e. The second-order valence-electron chi connectivity index (χ2n) is 5.53. The van der Waals surface area contributed by atoms with Gasteiger partial charge in [-0.1, -0.05) is 12.1 Å². The molecular weight excluding hydrogens is 340 g/mol. The fourth-order valence-electron chi connectivity index (χ4n) is 2.60. The van der Waals surface area contributed by atoms with Crippen molar-refractivity contribution in [3.8, 4) is 17.2 Å². The van der Waals surface area contributed by atoms with Crippen LogP contribution in [0.5, 0.6) is 17.2 Å². The Balaban J connectivity index is 1.79. The number of nitro benzene ring substituents is 1. The largest absolute Gasteiger partial charge is 0.494 e. The SMILES string of the molecule is CCOc1cccc(CNC(=O)c2cc3c(cc2[N+](=O)[O-])OCCO3)c1. The molecule has 8 nitrogen and oxygen atoms in total. The number of carbonyl (C=O) groups excluding carboxylic acids is 1. The number of fused-ring (bicyclic) bond motifs is 1. The molecule has 3 rings (SSSR count). The van der Waals surface area contributed by atoms with E-state index in [4.69, 9.17) is 14.2 Å². The molecule has 0 saturated carbocycles. The Morgan fingerprint density at radius 2 is 1.96 bits per heavy atom. The van der Waals surface area contributed by atoms with Crippen LogP contribution in [-0.4, -0.2) is 30.7 Å². The molecule has 26 heavy (non-hydrogen) atoms. The maximum absolute atomic E-state index is 12.5. The molecule has 1 N–H and O–H groups in total. The number of carbonyl (C=O) groups is 1. The number of benzene rings is 2. The van der Waals surface area contributed by atoms with Gasteiger partial charge in [0.05, 0.1) is 17.6 Å². The lowest BCUT2D eigenvalue weighted by Crippen LogP contribution is -2.24. The Hall–Kier alpha value is -3.29. The number of ether oxygens (including phenoxy) is 3. The molecular formula is C18H18N2O6. The molecule has 0 unspecified atom stereocenters. The van der Waals surface area contributed by atoms with Gasteiger partial charge in [0.25, 0.3) is 11.6 Å². The minimum Gasteiger partial charge on any atom is -0.494 e. The molecule has 2 aromatic rings. The van der Waals surface area contributed by atoms with Crippen molar-refractivity contribution in [3.05, 3.63) is 57.6 Å². The third kappa shape index (κ3) is 3.85. The van der Waals surface area contributed by atoms with Gasteiger partial charge >= 0.3 is 0 Å². The summed E-state index contributed by atoms with van der Waals surface area (Å²) in [6.07, 6.45) is 0. The lowest BCUT2D eigenvalue weighted by Gasteiger charge is -2.18. The standard InChI is InChI=1S/C18H18N2O6/c1-2-24-13-5-3-4-12(8-13)11-19-18(21)14-9-16-17(26-7-6-25-16)10-15(14)20(22)23/h3-5,8-10H,2,6-7,11H2,1H3,(H,19,21). The molecule has 0 aliphatic carbocycles. The minimum atomic E-state index is -0.608. The lowest BCUT2D eigenvalue weighted by atomic mass is 10.1. The van der Waals surface area contributed by atoms with Gasteiger partial charge in [-0.2, -0.15) is 0 Å². The molecule has 0 bridgehead atoms. The predicted octanol–water partition coefficient (Wildman–Crippen LogP) is 2.69. The Bertz CT molecular complexity index is 836. The second kappa shape index (κ2) is 7.73. The predicted molar refractivity (Wildman–Crippen MR) is 92.9 cm³/mol. The molecule has 1 heterocycles. The van der Waals surface area contributed by atoms with E-state index in [9.17, 15) is 14.9 Å². The molecule has 1 aliphatic heterocycles. The minimum absolute atomic E-state index is 0.0692. The van der Waals surface area contributed by atoms with E-state index < -0.39 is 10.8 Å². The topological polar surface area (TPSA) is 99.9 Å². The summed E-state index contributed by atoms with van der Waals surface area (Å²) in [6, 6.07) is 9.85. The average Bonchev–Trinajstić information content (AvgIpc) is 2.65. The summed E-state index contributed by atoms with van der Waals surface area (Å²) in [5.74, 6) is 0.731. The van der Waals surface area contributed by atoms with Gasteiger partial charge in [-0.05, 0) is 24.6 Å². The Labute approximate surface area is 149 Å². The van der Waals surface area contributed by atoms with Crippen molar-refractivity contribution >= 4 is 11.6 Å². The summed E-state index contributed by atoms with van der Waals surface area (Å²) in [4.78, 5) is 23.2. The summed E-state index contributed by atoms with van der Waals surface area (Å²) < 4.78 is 16.2. The first kappa shape index (κ1) is 17.5. The first-order valence-electron chi connectivity index (χ1n) is 8.16. The fourth-order valence-corrected chi connectivity index (χ4v) is 2.60. The highest BCUT2D eigenvalue weighted by atomic mass is 16.6. The van der Waals surface area contributed by atoms with E-state index in [-0.39, 0.29) is 23.5 Å². The van der Waals surface area contributed by atoms with Crippen molar-refractivity contribution in [2.75, 3.05) is 19.8 Å². The number of hydrogen-bond acceptors (Lipinski definition) is 6. The van der Waals surface area contributed by atoms with Gasteiger partial charge in [0, 0.05) is 12.6 Å². The third-order valence-electron chi connectivity index (χ3n) is 3.76. The van der Waals surface area contributed by atoms with E-state index in [1.54, 1.807) is 0 Å². The van der Waals surface area contributed by atoms with Crippen molar-refractivity contribution in [2.45, 2.75) is 13.5 Å². The van der Waals surface area contributed by atoms with Crippen molar-refractivity contribution in [1.29, 1.82) is 0 Å². The fraction of sp³-hybridized carbons (Fsp3) is 0.278. The smallest absolute Gasteiger partial charge is 0.286 e. The number of nitro groups is 1. The van der Waals surface area contributed by atoms with Crippen LogP contribution >= 0.6 is 0 Å². The van der Waals surface area contributed by atoms with E-state index in [1.807, 2.05) is 31.2 Å². The van der Waals surface area contributed by atoms with Gasteiger partial charge in [-0.3, -0.25) is 14.9 Å². The molecule has 0 saturated heterocycles. The van der Waals surface area contributed by atoms with Crippen LogP contribution in [0.3, 0.4) is 0 Å². The van der Waals surface area contributed by atoms with Gasteiger partial charge in [-0.15, -0.1) is 0 Å². The summed E-state index contributed by atoms with van der Waals surface area (Å²) in [7, 11) is 0. The first-order valence-corrected chi connectivity index (χ1v) is 8.16. The number of nitrogens with one attached hydrogen (secondary N) is 1. The zero-order valence-electron chi connectivity index (χ0n) is 14.2. The summed E-state index contributed by atoms with van der Waals surface area (Å²) in [6.45, 7) is 3.28. The first-order chi connectivity index (χ1) is 12.6. The molecule has 0 spiro atoms. The highest BCUT2D eigenvalue weighted by molar-refractivity contribution is 5.99. The van der Waals surface area contributed by atoms with Crippen molar-refractivity contribution in [3.63, 3.8) is 0 Å². The Kier molecular flexibility index (Phi) is 5.21. The van der Waals surface area contributed by atoms with Gasteiger partial charge in [-0.25, -0.2) is 0 Å². The molecule has 0 radical (unpaired) electrons. The van der Waals surface area contributed by atoms with Crippen molar-refractivity contribution in [1.82, 2.24) is 5.32 Å². The highest BCUT2D eigenvalue weighted by Gasteiger charge is 2.26. The molecule has 136 valence electrons.